The number of halogens is 2. The van der Waals surface area contributed by atoms with Crippen molar-refractivity contribution in [3.05, 3.63) is 34.6 Å². The van der Waals surface area contributed by atoms with Crippen molar-refractivity contribution < 1.29 is 13.9 Å². The molecule has 0 bridgehead atoms. The summed E-state index contributed by atoms with van der Waals surface area (Å²) in [6.45, 7) is 1.74. The average Bonchev–Trinajstić information content (AvgIpc) is 2.33. The van der Waals surface area contributed by atoms with Gasteiger partial charge in [0.25, 0.3) is 0 Å². The van der Waals surface area contributed by atoms with Crippen molar-refractivity contribution in [3.8, 4) is 6.07 Å². The predicted octanol–water partition coefficient (Wildman–Crippen LogP) is 2.20. The molecule has 0 saturated carbocycles. The summed E-state index contributed by atoms with van der Waals surface area (Å²) in [6, 6.07) is 4.99. The molecule has 18 heavy (non-hydrogen) atoms. The van der Waals surface area contributed by atoms with E-state index in [2.05, 4.69) is 5.32 Å². The average molecular weight is 271 g/mol. The zero-order chi connectivity index (χ0) is 13.5. The lowest BCUT2D eigenvalue weighted by Crippen LogP contribution is -2.28. The van der Waals surface area contributed by atoms with Crippen molar-refractivity contribution in [1.29, 1.82) is 5.26 Å². The third kappa shape index (κ3) is 3.69. The first-order chi connectivity index (χ1) is 8.60. The number of nitrogens with zero attached hydrogens (tertiary/aromatic N) is 1. The normalized spacial score (nSPS) is 11.7. The Kier molecular flexibility index (Phi) is 5.56. The van der Waals surface area contributed by atoms with Crippen LogP contribution in [0, 0.1) is 17.1 Å². The van der Waals surface area contributed by atoms with Gasteiger partial charge in [0.05, 0.1) is 19.2 Å². The zero-order valence-electron chi connectivity index (χ0n) is 9.74. The molecule has 0 aromatic heterocycles. The molecule has 0 amide bonds. The van der Waals surface area contributed by atoms with E-state index in [1.165, 1.54) is 18.2 Å². The Labute approximate surface area is 109 Å². The molecule has 0 aliphatic rings. The molecule has 1 atom stereocenters. The highest BCUT2D eigenvalue weighted by atomic mass is 35.5. The lowest BCUT2D eigenvalue weighted by atomic mass is 10.1. The van der Waals surface area contributed by atoms with Crippen LogP contribution in [-0.2, 0) is 9.53 Å². The maximum Gasteiger partial charge on any atom is 0.319 e. The predicted molar refractivity (Wildman–Crippen MR) is 64.4 cm³/mol. The van der Waals surface area contributed by atoms with Gasteiger partial charge in [0.1, 0.15) is 11.9 Å². The number of esters is 1. The number of carbonyl (C=O) groups excluding carboxylic acids is 1. The molecule has 0 aliphatic carbocycles. The van der Waals surface area contributed by atoms with E-state index in [4.69, 9.17) is 21.6 Å². The number of hydrogen-bond acceptors (Lipinski definition) is 4. The van der Waals surface area contributed by atoms with Gasteiger partial charge in [0.15, 0.2) is 0 Å². The van der Waals surface area contributed by atoms with Gasteiger partial charge in [-0.3, -0.25) is 10.1 Å². The van der Waals surface area contributed by atoms with Crippen molar-refractivity contribution in [2.24, 2.45) is 0 Å². The van der Waals surface area contributed by atoms with Crippen molar-refractivity contribution in [2.45, 2.75) is 13.0 Å². The van der Waals surface area contributed by atoms with E-state index in [0.717, 1.165) is 0 Å². The summed E-state index contributed by atoms with van der Waals surface area (Å²) in [7, 11) is 0. The number of benzene rings is 1. The standard InChI is InChI=1S/C12H12ClFN2O2/c1-2-18-11(17)7-16-10(6-15)12-8(13)4-3-5-9(12)14/h3-5,10,16H,2,7H2,1H3. The minimum absolute atomic E-state index is 0.0333. The molecule has 1 aromatic rings. The summed E-state index contributed by atoms with van der Waals surface area (Å²) in [5, 5.41) is 11.7. The molecule has 0 saturated heterocycles. The number of ether oxygens (including phenoxy) is 1. The summed E-state index contributed by atoms with van der Waals surface area (Å²) in [6.07, 6.45) is 0. The van der Waals surface area contributed by atoms with Crippen LogP contribution in [0.1, 0.15) is 18.5 Å². The second kappa shape index (κ2) is 6.94. The summed E-state index contributed by atoms with van der Waals surface area (Å²) in [5.74, 6) is -1.10. The van der Waals surface area contributed by atoms with Gasteiger partial charge < -0.3 is 4.74 Å². The van der Waals surface area contributed by atoms with Gasteiger partial charge in [-0.25, -0.2) is 4.39 Å². The Hall–Kier alpha value is -1.64. The maximum atomic E-state index is 13.6. The van der Waals surface area contributed by atoms with Crippen LogP contribution in [-0.4, -0.2) is 19.1 Å². The van der Waals surface area contributed by atoms with Crippen LogP contribution in [0.3, 0.4) is 0 Å². The van der Waals surface area contributed by atoms with Gasteiger partial charge in [-0.1, -0.05) is 17.7 Å². The first-order valence-electron chi connectivity index (χ1n) is 5.32. The molecule has 1 rings (SSSR count). The third-order valence-corrected chi connectivity index (χ3v) is 2.50. The van der Waals surface area contributed by atoms with Gasteiger partial charge in [-0.2, -0.15) is 5.26 Å². The van der Waals surface area contributed by atoms with E-state index in [9.17, 15) is 9.18 Å². The third-order valence-electron chi connectivity index (χ3n) is 2.17. The molecule has 0 fully saturated rings. The highest BCUT2D eigenvalue weighted by molar-refractivity contribution is 6.31. The van der Waals surface area contributed by atoms with Crippen LogP contribution in [0.25, 0.3) is 0 Å². The molecule has 96 valence electrons. The second-order valence-electron chi connectivity index (χ2n) is 3.38. The fourth-order valence-corrected chi connectivity index (χ4v) is 1.67. The highest BCUT2D eigenvalue weighted by Gasteiger charge is 2.19. The fourth-order valence-electron chi connectivity index (χ4n) is 1.40. The molecule has 0 aliphatic heterocycles. The topological polar surface area (TPSA) is 62.1 Å². The van der Waals surface area contributed by atoms with Crippen LogP contribution < -0.4 is 5.32 Å². The van der Waals surface area contributed by atoms with E-state index in [-0.39, 0.29) is 23.7 Å². The molecule has 0 radical (unpaired) electrons. The Morgan fingerprint density at radius 3 is 2.94 bits per heavy atom. The fraction of sp³-hybridized carbons (Fsp3) is 0.333. The summed E-state index contributed by atoms with van der Waals surface area (Å²) >= 11 is 5.83. The maximum absolute atomic E-state index is 13.6. The van der Waals surface area contributed by atoms with E-state index < -0.39 is 17.8 Å². The van der Waals surface area contributed by atoms with Crippen molar-refractivity contribution in [2.75, 3.05) is 13.2 Å². The van der Waals surface area contributed by atoms with Crippen LogP contribution >= 0.6 is 11.6 Å². The van der Waals surface area contributed by atoms with E-state index in [0.29, 0.717) is 0 Å². The minimum Gasteiger partial charge on any atom is -0.465 e. The number of rotatable bonds is 5. The molecule has 0 spiro atoms. The molecular weight excluding hydrogens is 259 g/mol. The van der Waals surface area contributed by atoms with Crippen molar-refractivity contribution in [1.82, 2.24) is 5.32 Å². The van der Waals surface area contributed by atoms with Gasteiger partial charge in [-0.05, 0) is 19.1 Å². The van der Waals surface area contributed by atoms with Gasteiger partial charge in [0.2, 0.25) is 0 Å². The van der Waals surface area contributed by atoms with E-state index in [1.807, 2.05) is 6.07 Å². The summed E-state index contributed by atoms with van der Waals surface area (Å²) in [5.41, 5.74) is 0.0333. The quantitative estimate of drug-likeness (QED) is 0.833. The summed E-state index contributed by atoms with van der Waals surface area (Å²) < 4.78 is 18.3. The van der Waals surface area contributed by atoms with Crippen LogP contribution in [0.15, 0.2) is 18.2 Å². The number of nitriles is 1. The first kappa shape index (κ1) is 14.4. The molecule has 1 unspecified atom stereocenters. The van der Waals surface area contributed by atoms with Crippen LogP contribution in [0.5, 0.6) is 0 Å². The van der Waals surface area contributed by atoms with Crippen LogP contribution in [0.2, 0.25) is 5.02 Å². The zero-order valence-corrected chi connectivity index (χ0v) is 10.5. The summed E-state index contributed by atoms with van der Waals surface area (Å²) in [4.78, 5) is 11.1. The molecule has 1 aromatic carbocycles. The number of carbonyl (C=O) groups is 1. The smallest absolute Gasteiger partial charge is 0.319 e. The first-order valence-corrected chi connectivity index (χ1v) is 5.70. The van der Waals surface area contributed by atoms with Crippen molar-refractivity contribution in [3.63, 3.8) is 0 Å². The lowest BCUT2D eigenvalue weighted by Gasteiger charge is -2.13. The van der Waals surface area contributed by atoms with E-state index in [1.54, 1.807) is 6.92 Å². The van der Waals surface area contributed by atoms with Crippen LogP contribution in [0.4, 0.5) is 4.39 Å². The largest absolute Gasteiger partial charge is 0.465 e. The van der Waals surface area contributed by atoms with Crippen molar-refractivity contribution >= 4 is 17.6 Å². The Balaban J connectivity index is 2.79. The molecule has 0 heterocycles. The number of hydrogen-bond donors (Lipinski definition) is 1. The minimum atomic E-state index is -0.997. The molecule has 4 nitrogen and oxygen atoms in total. The molecule has 6 heteroatoms. The van der Waals surface area contributed by atoms with Gasteiger partial charge in [-0.15, -0.1) is 0 Å². The van der Waals surface area contributed by atoms with E-state index >= 15 is 0 Å². The Bertz CT molecular complexity index is 453. The SMILES string of the molecule is CCOC(=O)CNC(C#N)c1c(F)cccc1Cl. The van der Waals surface area contributed by atoms with Gasteiger partial charge in [0, 0.05) is 10.6 Å². The Morgan fingerprint density at radius 2 is 2.39 bits per heavy atom. The number of nitrogens with one attached hydrogen (secondary N) is 1. The highest BCUT2D eigenvalue weighted by Crippen LogP contribution is 2.25. The molecule has 1 N–H and O–H groups in total. The lowest BCUT2D eigenvalue weighted by molar-refractivity contribution is -0.142. The monoisotopic (exact) mass is 270 g/mol. The Morgan fingerprint density at radius 1 is 1.67 bits per heavy atom. The molecular formula is C12H12ClFN2O2. The van der Waals surface area contributed by atoms with Gasteiger partial charge >= 0.3 is 5.97 Å². The second-order valence-corrected chi connectivity index (χ2v) is 3.79.